The highest BCUT2D eigenvalue weighted by Gasteiger charge is 2.59. The lowest BCUT2D eigenvalue weighted by molar-refractivity contribution is -0.160. The molecule has 8 heteroatoms. The Bertz CT molecular complexity index is 1250. The lowest BCUT2D eigenvalue weighted by Gasteiger charge is -2.25. The number of benzene rings is 3. The molecule has 2 aliphatic heterocycles. The molecule has 2 fully saturated rings. The van der Waals surface area contributed by atoms with Gasteiger partial charge in [0, 0.05) is 7.05 Å². The predicted octanol–water partition coefficient (Wildman–Crippen LogP) is 4.28. The second-order valence-corrected chi connectivity index (χ2v) is 8.42. The molecule has 7 nitrogen and oxygen atoms in total. The number of hydrogen-bond acceptors (Lipinski definition) is 6. The molecule has 0 bridgehead atoms. The van der Waals surface area contributed by atoms with Crippen LogP contribution in [0.5, 0.6) is 11.5 Å². The smallest absolute Gasteiger partial charge is 0.266 e. The fourth-order valence-electron chi connectivity index (χ4n) is 4.67. The molecule has 2 amide bonds. The number of imide groups is 1. The van der Waals surface area contributed by atoms with Crippen LogP contribution in [0.15, 0.2) is 72.8 Å². The molecule has 0 aromatic heterocycles. The molecule has 3 aromatic rings. The Balaban J connectivity index is 1.44. The molecule has 180 valence electrons. The third-order valence-corrected chi connectivity index (χ3v) is 6.25. The minimum Gasteiger partial charge on any atom is -0.490 e. The highest BCUT2D eigenvalue weighted by Crippen LogP contribution is 2.46. The number of ether oxygens (including phenoxy) is 2. The summed E-state index contributed by atoms with van der Waals surface area (Å²) in [6.07, 6.45) is -1.03. The summed E-state index contributed by atoms with van der Waals surface area (Å²) < 4.78 is 26.2. The van der Waals surface area contributed by atoms with Crippen LogP contribution < -0.4 is 14.4 Å². The van der Waals surface area contributed by atoms with Crippen molar-refractivity contribution in [1.82, 2.24) is 5.06 Å². The zero-order valence-electron chi connectivity index (χ0n) is 19.4. The minimum absolute atomic E-state index is 0.0680. The third-order valence-electron chi connectivity index (χ3n) is 6.25. The molecule has 0 aliphatic carbocycles. The lowest BCUT2D eigenvalue weighted by atomic mass is 9.91. The van der Waals surface area contributed by atoms with E-state index in [9.17, 15) is 14.0 Å². The molecule has 3 atom stereocenters. The zero-order valence-corrected chi connectivity index (χ0v) is 19.4. The predicted molar refractivity (Wildman–Crippen MR) is 126 cm³/mol. The average molecular weight is 477 g/mol. The van der Waals surface area contributed by atoms with E-state index < -0.39 is 35.7 Å². The molecule has 2 aliphatic rings. The van der Waals surface area contributed by atoms with Gasteiger partial charge in [0.1, 0.15) is 12.4 Å². The normalized spacial score (nSPS) is 21.9. The first kappa shape index (κ1) is 23.0. The van der Waals surface area contributed by atoms with Crippen molar-refractivity contribution in [3.05, 3.63) is 89.7 Å². The van der Waals surface area contributed by atoms with Crippen molar-refractivity contribution >= 4 is 17.5 Å². The number of fused-ring (bicyclic) bond motifs is 1. The monoisotopic (exact) mass is 476 g/mol. The fourth-order valence-corrected chi connectivity index (χ4v) is 4.67. The number of halogens is 1. The second-order valence-electron chi connectivity index (χ2n) is 8.42. The van der Waals surface area contributed by atoms with Crippen molar-refractivity contribution < 1.29 is 28.3 Å². The molecule has 0 N–H and O–H groups in total. The van der Waals surface area contributed by atoms with E-state index in [1.54, 1.807) is 25.2 Å². The Labute approximate surface area is 202 Å². The Morgan fingerprint density at radius 3 is 2.40 bits per heavy atom. The van der Waals surface area contributed by atoms with Gasteiger partial charge in [-0.05, 0) is 42.3 Å². The van der Waals surface area contributed by atoms with Crippen LogP contribution in [0.2, 0.25) is 0 Å². The van der Waals surface area contributed by atoms with E-state index in [1.165, 1.54) is 23.3 Å². The summed E-state index contributed by atoms with van der Waals surface area (Å²) in [5, 5.41) is 1.51. The number of carbonyl (C=O) groups is 2. The van der Waals surface area contributed by atoms with Gasteiger partial charge in [-0.15, -0.1) is 0 Å². The molecule has 2 heterocycles. The van der Waals surface area contributed by atoms with Crippen LogP contribution in [0.1, 0.15) is 24.1 Å². The molecule has 5 rings (SSSR count). The summed E-state index contributed by atoms with van der Waals surface area (Å²) in [6.45, 7) is 2.68. The van der Waals surface area contributed by atoms with Crippen molar-refractivity contribution in [2.24, 2.45) is 5.92 Å². The molecule has 2 saturated heterocycles. The van der Waals surface area contributed by atoms with Crippen LogP contribution in [-0.4, -0.2) is 36.6 Å². The van der Waals surface area contributed by atoms with Gasteiger partial charge in [0.15, 0.2) is 17.6 Å². The zero-order chi connectivity index (χ0) is 24.5. The maximum absolute atomic E-state index is 14.4. The third kappa shape index (κ3) is 4.15. The first-order valence-electron chi connectivity index (χ1n) is 11.4. The number of carbonyl (C=O) groups excluding carboxylic acids is 2. The van der Waals surface area contributed by atoms with Gasteiger partial charge in [-0.2, -0.15) is 5.06 Å². The number of hydrogen-bond donors (Lipinski definition) is 0. The number of nitrogens with zero attached hydrogens (tertiary/aromatic N) is 2. The molecular weight excluding hydrogens is 451 g/mol. The summed E-state index contributed by atoms with van der Waals surface area (Å²) in [5.74, 6) is -1.44. The quantitative estimate of drug-likeness (QED) is 0.474. The van der Waals surface area contributed by atoms with Crippen LogP contribution >= 0.6 is 0 Å². The average Bonchev–Trinajstić information content (AvgIpc) is 3.32. The second kappa shape index (κ2) is 9.48. The van der Waals surface area contributed by atoms with E-state index in [0.29, 0.717) is 24.7 Å². The van der Waals surface area contributed by atoms with Gasteiger partial charge in [-0.1, -0.05) is 48.5 Å². The highest BCUT2D eigenvalue weighted by atomic mass is 19.1. The minimum atomic E-state index is -1.03. The van der Waals surface area contributed by atoms with Gasteiger partial charge < -0.3 is 9.47 Å². The fraction of sp³-hybridized carbons (Fsp3) is 0.259. The van der Waals surface area contributed by atoms with E-state index >= 15 is 0 Å². The number of anilines is 1. The number of rotatable bonds is 7. The van der Waals surface area contributed by atoms with Gasteiger partial charge in [0.25, 0.3) is 5.91 Å². The van der Waals surface area contributed by atoms with Crippen LogP contribution in [0, 0.1) is 11.7 Å². The van der Waals surface area contributed by atoms with Crippen LogP contribution in [0.25, 0.3) is 0 Å². The van der Waals surface area contributed by atoms with Gasteiger partial charge in [0.05, 0.1) is 24.3 Å². The van der Waals surface area contributed by atoms with E-state index in [2.05, 4.69) is 0 Å². The van der Waals surface area contributed by atoms with Crippen LogP contribution in [-0.2, 0) is 21.0 Å². The van der Waals surface area contributed by atoms with Gasteiger partial charge in [0.2, 0.25) is 5.91 Å². The maximum atomic E-state index is 14.4. The molecule has 0 saturated carbocycles. The van der Waals surface area contributed by atoms with Crippen molar-refractivity contribution in [3.8, 4) is 11.5 Å². The van der Waals surface area contributed by atoms with Crippen molar-refractivity contribution in [3.63, 3.8) is 0 Å². The summed E-state index contributed by atoms with van der Waals surface area (Å²) in [5.41, 5.74) is 1.68. The Morgan fingerprint density at radius 1 is 0.914 bits per heavy atom. The number of amides is 2. The Kier molecular flexibility index (Phi) is 6.23. The number of para-hydroxylation sites is 1. The van der Waals surface area contributed by atoms with E-state index in [-0.39, 0.29) is 5.69 Å². The topological polar surface area (TPSA) is 68.3 Å². The first-order chi connectivity index (χ1) is 17.0. The molecular formula is C27H25FN2O5. The molecule has 3 aromatic carbocycles. The SMILES string of the molecule is CCOc1cc(C2C3C(=O)N(c4ccccc4F)C(=O)C3ON2C)ccc1OCc1ccccc1. The van der Waals surface area contributed by atoms with Crippen LogP contribution in [0.3, 0.4) is 0 Å². The van der Waals surface area contributed by atoms with Crippen LogP contribution in [0.4, 0.5) is 10.1 Å². The summed E-state index contributed by atoms with van der Waals surface area (Å²) in [6, 6.07) is 20.4. The molecule has 35 heavy (non-hydrogen) atoms. The maximum Gasteiger partial charge on any atom is 0.266 e. The first-order valence-corrected chi connectivity index (χ1v) is 11.4. The number of hydroxylamine groups is 2. The standard InChI is InChI=1S/C27H25FN2O5/c1-3-33-22-15-18(13-14-21(22)34-16-17-9-5-4-6-10-17)24-23-25(35-29(24)2)27(32)30(26(23)31)20-12-8-7-11-19(20)28/h4-15,23-25H,3,16H2,1-2H3. The summed E-state index contributed by atoms with van der Waals surface area (Å²) in [7, 11) is 1.68. The van der Waals surface area contributed by atoms with Gasteiger partial charge in [-0.25, -0.2) is 9.29 Å². The summed E-state index contributed by atoms with van der Waals surface area (Å²) >= 11 is 0. The molecule has 3 unspecified atom stereocenters. The van der Waals surface area contributed by atoms with E-state index in [0.717, 1.165) is 16.0 Å². The Morgan fingerprint density at radius 2 is 1.66 bits per heavy atom. The van der Waals surface area contributed by atoms with Crippen molar-refractivity contribution in [2.45, 2.75) is 25.7 Å². The van der Waals surface area contributed by atoms with Crippen molar-refractivity contribution in [2.75, 3.05) is 18.6 Å². The Hall–Kier alpha value is -3.75. The van der Waals surface area contributed by atoms with E-state index in [1.807, 2.05) is 43.3 Å². The van der Waals surface area contributed by atoms with Gasteiger partial charge in [-0.3, -0.25) is 14.4 Å². The van der Waals surface area contributed by atoms with Crippen molar-refractivity contribution in [1.29, 1.82) is 0 Å². The lowest BCUT2D eigenvalue weighted by Crippen LogP contribution is -2.36. The molecule has 0 radical (unpaired) electrons. The summed E-state index contributed by atoms with van der Waals surface area (Å²) in [4.78, 5) is 33.1. The molecule has 0 spiro atoms. The largest absolute Gasteiger partial charge is 0.490 e. The highest BCUT2D eigenvalue weighted by molar-refractivity contribution is 6.23. The van der Waals surface area contributed by atoms with Gasteiger partial charge >= 0.3 is 0 Å². The van der Waals surface area contributed by atoms with E-state index in [4.69, 9.17) is 14.3 Å².